The summed E-state index contributed by atoms with van der Waals surface area (Å²) in [4.78, 5) is 13.7. The molecule has 3 nitrogen and oxygen atoms in total. The molecule has 0 saturated heterocycles. The molecule has 0 atom stereocenters. The number of ether oxygens (including phenoxy) is 1. The summed E-state index contributed by atoms with van der Waals surface area (Å²) in [5.41, 5.74) is -5.01. The predicted octanol–water partition coefficient (Wildman–Crippen LogP) is 3.35. The van der Waals surface area contributed by atoms with Crippen LogP contribution in [0.4, 0.5) is 26.3 Å². The molecule has 1 aromatic heterocycles. The number of halogens is 6. The van der Waals surface area contributed by atoms with Gasteiger partial charge in [-0.05, 0) is 6.92 Å². The molecule has 0 unspecified atom stereocenters. The second-order valence-corrected chi connectivity index (χ2v) is 3.27. The van der Waals surface area contributed by atoms with Gasteiger partial charge in [-0.15, -0.1) is 0 Å². The Morgan fingerprint density at radius 1 is 1.42 bits per heavy atom. The fraction of sp³-hybridized carbons (Fsp3) is 0.400. The Morgan fingerprint density at radius 2 is 2.00 bits per heavy atom. The first-order chi connectivity index (χ1) is 8.68. The summed E-state index contributed by atoms with van der Waals surface area (Å²) in [5.74, 6) is -3.16. The number of alkyl halides is 5. The highest BCUT2D eigenvalue weighted by Gasteiger charge is 2.41. The van der Waals surface area contributed by atoms with Gasteiger partial charge in [0, 0.05) is 6.07 Å². The zero-order valence-electron chi connectivity index (χ0n) is 9.39. The molecule has 1 rings (SSSR count). The standard InChI is InChI=1S/C10H7F6NO2/c1-2-19-9(18)4-3-5(11)17-7(10(14,15)16)6(4)8(12)13/h3,8H,2H2,1H3. The third kappa shape index (κ3) is 3.36. The summed E-state index contributed by atoms with van der Waals surface area (Å²) in [6.45, 7) is 1.06. The molecule has 1 aromatic rings. The number of carbonyl (C=O) groups excluding carboxylic acids is 1. The molecule has 0 N–H and O–H groups in total. The Hall–Kier alpha value is -1.80. The third-order valence-electron chi connectivity index (χ3n) is 2.01. The van der Waals surface area contributed by atoms with Crippen LogP contribution in [0.1, 0.15) is 35.0 Å². The molecule has 0 saturated carbocycles. The third-order valence-corrected chi connectivity index (χ3v) is 2.01. The fourth-order valence-electron chi connectivity index (χ4n) is 1.34. The van der Waals surface area contributed by atoms with Crippen molar-refractivity contribution in [3.63, 3.8) is 0 Å². The van der Waals surface area contributed by atoms with E-state index >= 15 is 0 Å². The van der Waals surface area contributed by atoms with E-state index in [-0.39, 0.29) is 12.7 Å². The number of nitrogens with zero attached hydrogens (tertiary/aromatic N) is 1. The second-order valence-electron chi connectivity index (χ2n) is 3.27. The zero-order chi connectivity index (χ0) is 14.8. The first-order valence-corrected chi connectivity index (χ1v) is 4.91. The maximum atomic E-state index is 12.9. The monoisotopic (exact) mass is 287 g/mol. The highest BCUT2D eigenvalue weighted by Crippen LogP contribution is 2.37. The van der Waals surface area contributed by atoms with Gasteiger partial charge in [0.2, 0.25) is 5.95 Å². The summed E-state index contributed by atoms with van der Waals surface area (Å²) in [6.07, 6.45) is -8.96. The first kappa shape index (κ1) is 15.3. The van der Waals surface area contributed by atoms with Crippen LogP contribution in [-0.4, -0.2) is 17.6 Å². The number of carbonyl (C=O) groups is 1. The molecule has 0 fully saturated rings. The van der Waals surface area contributed by atoms with Crippen molar-refractivity contribution in [3.8, 4) is 0 Å². The Bertz CT molecular complexity index is 486. The van der Waals surface area contributed by atoms with Crippen molar-refractivity contribution in [2.45, 2.75) is 19.5 Å². The van der Waals surface area contributed by atoms with Gasteiger partial charge in [0.05, 0.1) is 17.7 Å². The highest BCUT2D eigenvalue weighted by atomic mass is 19.4. The van der Waals surface area contributed by atoms with Crippen LogP contribution in [0.25, 0.3) is 0 Å². The van der Waals surface area contributed by atoms with E-state index in [1.807, 2.05) is 0 Å². The molecule has 9 heteroatoms. The number of hydrogen-bond donors (Lipinski definition) is 0. The Balaban J connectivity index is 3.54. The van der Waals surface area contributed by atoms with E-state index in [1.165, 1.54) is 6.92 Å². The van der Waals surface area contributed by atoms with Crippen molar-refractivity contribution in [2.24, 2.45) is 0 Å². The number of pyridine rings is 1. The molecule has 0 amide bonds. The van der Waals surface area contributed by atoms with Gasteiger partial charge in [-0.3, -0.25) is 0 Å². The molecule has 0 radical (unpaired) electrons. The number of aromatic nitrogens is 1. The van der Waals surface area contributed by atoms with E-state index < -0.39 is 41.3 Å². The molecular formula is C10H7F6NO2. The van der Waals surface area contributed by atoms with Crippen molar-refractivity contribution in [2.75, 3.05) is 6.61 Å². The van der Waals surface area contributed by atoms with Crippen LogP contribution in [0.15, 0.2) is 6.07 Å². The quantitative estimate of drug-likeness (QED) is 0.486. The van der Waals surface area contributed by atoms with Gasteiger partial charge in [0.1, 0.15) is 0 Å². The molecule has 0 aromatic carbocycles. The largest absolute Gasteiger partial charge is 0.462 e. The smallest absolute Gasteiger partial charge is 0.433 e. The van der Waals surface area contributed by atoms with Gasteiger partial charge in [0.15, 0.2) is 5.69 Å². The van der Waals surface area contributed by atoms with Crippen LogP contribution in [0.5, 0.6) is 0 Å². The van der Waals surface area contributed by atoms with Crippen LogP contribution < -0.4 is 0 Å². The van der Waals surface area contributed by atoms with Crippen molar-refractivity contribution in [3.05, 3.63) is 28.8 Å². The molecule has 0 aliphatic heterocycles. The zero-order valence-corrected chi connectivity index (χ0v) is 9.39. The molecule has 1 heterocycles. The maximum Gasteiger partial charge on any atom is 0.433 e. The van der Waals surface area contributed by atoms with Gasteiger partial charge >= 0.3 is 12.1 Å². The van der Waals surface area contributed by atoms with Crippen molar-refractivity contribution >= 4 is 5.97 Å². The summed E-state index contributed by atoms with van der Waals surface area (Å²) in [6, 6.07) is 0.189. The topological polar surface area (TPSA) is 39.2 Å². The lowest BCUT2D eigenvalue weighted by Gasteiger charge is -2.14. The van der Waals surface area contributed by atoms with Crippen LogP contribution in [0, 0.1) is 5.95 Å². The summed E-state index contributed by atoms with van der Waals surface area (Å²) >= 11 is 0. The number of esters is 1. The Labute approximate surface area is 103 Å². The molecule has 0 bridgehead atoms. The van der Waals surface area contributed by atoms with Crippen LogP contribution in [0.3, 0.4) is 0 Å². The molecular weight excluding hydrogens is 280 g/mol. The second kappa shape index (κ2) is 5.45. The Kier molecular flexibility index (Phi) is 4.38. The number of hydrogen-bond acceptors (Lipinski definition) is 3. The lowest BCUT2D eigenvalue weighted by atomic mass is 10.1. The van der Waals surface area contributed by atoms with E-state index in [4.69, 9.17) is 0 Å². The molecule has 0 aliphatic carbocycles. The predicted molar refractivity (Wildman–Crippen MR) is 50.1 cm³/mol. The van der Waals surface area contributed by atoms with Gasteiger partial charge in [-0.25, -0.2) is 18.6 Å². The van der Waals surface area contributed by atoms with E-state index in [9.17, 15) is 31.1 Å². The summed E-state index contributed by atoms with van der Waals surface area (Å²) < 4.78 is 80.1. The Morgan fingerprint density at radius 3 is 2.42 bits per heavy atom. The molecule has 0 spiro atoms. The van der Waals surface area contributed by atoms with Gasteiger partial charge in [0.25, 0.3) is 6.43 Å². The van der Waals surface area contributed by atoms with Crippen molar-refractivity contribution in [1.29, 1.82) is 0 Å². The first-order valence-electron chi connectivity index (χ1n) is 4.91. The SMILES string of the molecule is CCOC(=O)c1cc(F)nc(C(F)(F)F)c1C(F)F. The summed E-state index contributed by atoms with van der Waals surface area (Å²) in [7, 11) is 0. The average molecular weight is 287 g/mol. The lowest BCUT2D eigenvalue weighted by Crippen LogP contribution is -2.19. The molecule has 0 aliphatic rings. The minimum Gasteiger partial charge on any atom is -0.462 e. The van der Waals surface area contributed by atoms with E-state index in [0.717, 1.165) is 0 Å². The van der Waals surface area contributed by atoms with Crippen LogP contribution in [-0.2, 0) is 10.9 Å². The van der Waals surface area contributed by atoms with Crippen LogP contribution >= 0.6 is 0 Å². The lowest BCUT2D eigenvalue weighted by molar-refractivity contribution is -0.143. The normalized spacial score (nSPS) is 11.8. The van der Waals surface area contributed by atoms with Crippen molar-refractivity contribution in [1.82, 2.24) is 4.98 Å². The highest BCUT2D eigenvalue weighted by molar-refractivity contribution is 5.91. The van der Waals surface area contributed by atoms with E-state index in [0.29, 0.717) is 0 Å². The summed E-state index contributed by atoms with van der Waals surface area (Å²) in [5, 5.41) is 0. The van der Waals surface area contributed by atoms with Gasteiger partial charge in [-0.2, -0.15) is 17.6 Å². The van der Waals surface area contributed by atoms with Gasteiger partial charge in [-0.1, -0.05) is 0 Å². The number of rotatable bonds is 3. The van der Waals surface area contributed by atoms with E-state index in [2.05, 4.69) is 9.72 Å². The maximum absolute atomic E-state index is 12.9. The minimum atomic E-state index is -5.31. The fourth-order valence-corrected chi connectivity index (χ4v) is 1.34. The molecule has 106 valence electrons. The van der Waals surface area contributed by atoms with Crippen LogP contribution in [0.2, 0.25) is 0 Å². The molecule has 19 heavy (non-hydrogen) atoms. The van der Waals surface area contributed by atoms with E-state index in [1.54, 1.807) is 0 Å². The average Bonchev–Trinajstić information content (AvgIpc) is 2.26. The van der Waals surface area contributed by atoms with Gasteiger partial charge < -0.3 is 4.74 Å². The van der Waals surface area contributed by atoms with Crippen molar-refractivity contribution < 1.29 is 35.9 Å². The minimum absolute atomic E-state index is 0.189.